The molecule has 2 N–H and O–H groups in total. The predicted octanol–water partition coefficient (Wildman–Crippen LogP) is 0.571. The van der Waals surface area contributed by atoms with Crippen LogP contribution in [0.4, 0.5) is 5.69 Å². The Bertz CT molecular complexity index is 600. The zero-order valence-electron chi connectivity index (χ0n) is 11.1. The maximum Gasteiger partial charge on any atom is 0.278 e. The summed E-state index contributed by atoms with van der Waals surface area (Å²) < 4.78 is 0. The lowest BCUT2D eigenvalue weighted by atomic mass is 9.98. The number of nitro groups is 1. The van der Waals surface area contributed by atoms with Gasteiger partial charge in [-0.1, -0.05) is 12.1 Å². The third-order valence-electron chi connectivity index (χ3n) is 3.11. The molecule has 1 aliphatic heterocycles. The summed E-state index contributed by atoms with van der Waals surface area (Å²) in [5, 5.41) is 17.1. The van der Waals surface area contributed by atoms with Crippen LogP contribution in [-0.2, 0) is 9.59 Å². The fraction of sp³-hybridized carbons (Fsp3) is 0.308. The Morgan fingerprint density at radius 3 is 2.95 bits per heavy atom. The van der Waals surface area contributed by atoms with Crippen molar-refractivity contribution in [2.75, 3.05) is 6.54 Å². The minimum Gasteiger partial charge on any atom is -0.355 e. The summed E-state index contributed by atoms with van der Waals surface area (Å²) in [6.07, 6.45) is 2.40. The quantitative estimate of drug-likeness (QED) is 0.365. The lowest BCUT2D eigenvalue weighted by molar-refractivity contribution is -0.385. The standard InChI is InChI=1S/C13H14N4O4/c18-12-10(5-3-7-14-12)13(19)16-15-8-9-4-1-2-6-11(9)17(20)21/h1-2,4,6,8,10H,3,5,7H2,(H,14,18)(H,16,19)/b15-8-/t10-/m1/s1. The first kappa shape index (κ1) is 14.6. The highest BCUT2D eigenvalue weighted by atomic mass is 16.6. The van der Waals surface area contributed by atoms with E-state index in [0.29, 0.717) is 13.0 Å². The van der Waals surface area contributed by atoms with E-state index in [1.807, 2.05) is 0 Å². The van der Waals surface area contributed by atoms with Crippen LogP contribution in [0, 0.1) is 16.0 Å². The van der Waals surface area contributed by atoms with Gasteiger partial charge in [-0.3, -0.25) is 19.7 Å². The number of carbonyl (C=O) groups excluding carboxylic acids is 2. The van der Waals surface area contributed by atoms with Gasteiger partial charge in [0.1, 0.15) is 5.92 Å². The number of rotatable bonds is 4. The van der Waals surface area contributed by atoms with Gasteiger partial charge >= 0.3 is 0 Å². The van der Waals surface area contributed by atoms with Crippen LogP contribution < -0.4 is 10.7 Å². The molecule has 8 nitrogen and oxygen atoms in total. The van der Waals surface area contributed by atoms with Gasteiger partial charge in [0.05, 0.1) is 16.7 Å². The number of nitrogens with one attached hydrogen (secondary N) is 2. The largest absolute Gasteiger partial charge is 0.355 e. The fourth-order valence-electron chi connectivity index (χ4n) is 2.03. The molecule has 0 radical (unpaired) electrons. The Kier molecular flexibility index (Phi) is 4.60. The summed E-state index contributed by atoms with van der Waals surface area (Å²) in [5.41, 5.74) is 2.41. The van der Waals surface area contributed by atoms with Crippen LogP contribution >= 0.6 is 0 Å². The summed E-state index contributed by atoms with van der Waals surface area (Å²) in [6.45, 7) is 0.572. The first-order valence-electron chi connectivity index (χ1n) is 6.43. The summed E-state index contributed by atoms with van der Waals surface area (Å²) >= 11 is 0. The molecular weight excluding hydrogens is 276 g/mol. The molecule has 1 aromatic rings. The van der Waals surface area contributed by atoms with Gasteiger partial charge in [0, 0.05) is 12.6 Å². The lowest BCUT2D eigenvalue weighted by Crippen LogP contribution is -2.43. The van der Waals surface area contributed by atoms with Crippen molar-refractivity contribution in [1.29, 1.82) is 0 Å². The van der Waals surface area contributed by atoms with E-state index in [9.17, 15) is 19.7 Å². The van der Waals surface area contributed by atoms with Crippen LogP contribution in [0.15, 0.2) is 29.4 Å². The number of para-hydroxylation sites is 1. The Labute approximate surface area is 120 Å². The van der Waals surface area contributed by atoms with Crippen molar-refractivity contribution >= 4 is 23.7 Å². The lowest BCUT2D eigenvalue weighted by Gasteiger charge is -2.19. The highest BCUT2D eigenvalue weighted by molar-refractivity contribution is 6.01. The van der Waals surface area contributed by atoms with Gasteiger partial charge in [0.2, 0.25) is 5.91 Å². The van der Waals surface area contributed by atoms with E-state index in [0.717, 1.165) is 6.42 Å². The van der Waals surface area contributed by atoms with E-state index < -0.39 is 16.7 Å². The molecular formula is C13H14N4O4. The molecule has 0 unspecified atom stereocenters. The second-order valence-electron chi connectivity index (χ2n) is 4.54. The Hall–Kier alpha value is -2.77. The molecule has 2 amide bonds. The van der Waals surface area contributed by atoms with E-state index >= 15 is 0 Å². The van der Waals surface area contributed by atoms with Gasteiger partial charge in [-0.15, -0.1) is 0 Å². The van der Waals surface area contributed by atoms with E-state index in [2.05, 4.69) is 15.8 Å². The molecule has 1 saturated heterocycles. The summed E-state index contributed by atoms with van der Waals surface area (Å²) in [5.74, 6) is -1.59. The molecule has 21 heavy (non-hydrogen) atoms. The van der Waals surface area contributed by atoms with Crippen molar-refractivity contribution in [3.63, 3.8) is 0 Å². The third kappa shape index (κ3) is 3.62. The molecule has 0 aliphatic carbocycles. The van der Waals surface area contributed by atoms with Gasteiger partial charge < -0.3 is 5.32 Å². The van der Waals surface area contributed by atoms with Crippen molar-refractivity contribution in [2.24, 2.45) is 11.0 Å². The Morgan fingerprint density at radius 2 is 2.24 bits per heavy atom. The average molecular weight is 290 g/mol. The zero-order valence-corrected chi connectivity index (χ0v) is 11.1. The molecule has 2 rings (SSSR count). The van der Waals surface area contributed by atoms with Crippen LogP contribution in [0.1, 0.15) is 18.4 Å². The molecule has 1 heterocycles. The second-order valence-corrected chi connectivity index (χ2v) is 4.54. The summed E-state index contributed by atoms with van der Waals surface area (Å²) in [7, 11) is 0. The minimum absolute atomic E-state index is 0.106. The topological polar surface area (TPSA) is 114 Å². The molecule has 1 fully saturated rings. The fourth-order valence-corrected chi connectivity index (χ4v) is 2.03. The number of nitro benzene ring substituents is 1. The molecule has 1 aromatic carbocycles. The SMILES string of the molecule is O=C1NCCC[C@H]1C(=O)N/N=C\c1ccccc1[N+](=O)[O-]. The van der Waals surface area contributed by atoms with E-state index in [-0.39, 0.29) is 17.2 Å². The Morgan fingerprint density at radius 1 is 1.48 bits per heavy atom. The van der Waals surface area contributed by atoms with Crippen LogP contribution in [0.5, 0.6) is 0 Å². The first-order chi connectivity index (χ1) is 10.1. The summed E-state index contributed by atoms with van der Waals surface area (Å²) in [4.78, 5) is 33.6. The third-order valence-corrected chi connectivity index (χ3v) is 3.11. The van der Waals surface area contributed by atoms with Crippen molar-refractivity contribution in [3.8, 4) is 0 Å². The zero-order chi connectivity index (χ0) is 15.2. The van der Waals surface area contributed by atoms with Crippen molar-refractivity contribution in [2.45, 2.75) is 12.8 Å². The molecule has 8 heteroatoms. The van der Waals surface area contributed by atoms with Crippen molar-refractivity contribution in [1.82, 2.24) is 10.7 Å². The molecule has 110 valence electrons. The van der Waals surface area contributed by atoms with Gasteiger partial charge in [0.25, 0.3) is 11.6 Å². The van der Waals surface area contributed by atoms with Gasteiger partial charge in [0.15, 0.2) is 0 Å². The first-order valence-corrected chi connectivity index (χ1v) is 6.43. The summed E-state index contributed by atoms with van der Waals surface area (Å²) in [6, 6.07) is 6.03. The number of hydrazone groups is 1. The number of carbonyl (C=O) groups is 2. The smallest absolute Gasteiger partial charge is 0.278 e. The predicted molar refractivity (Wildman–Crippen MR) is 74.6 cm³/mol. The highest BCUT2D eigenvalue weighted by Gasteiger charge is 2.28. The maximum atomic E-state index is 11.8. The van der Waals surface area contributed by atoms with Crippen LogP contribution in [-0.4, -0.2) is 29.5 Å². The number of hydrogen-bond acceptors (Lipinski definition) is 5. The number of amides is 2. The van der Waals surface area contributed by atoms with Crippen LogP contribution in [0.3, 0.4) is 0 Å². The number of piperidine rings is 1. The molecule has 0 saturated carbocycles. The van der Waals surface area contributed by atoms with Gasteiger partial charge in [-0.05, 0) is 18.9 Å². The molecule has 1 atom stereocenters. The maximum absolute atomic E-state index is 11.8. The Balaban J connectivity index is 2.01. The van der Waals surface area contributed by atoms with E-state index in [4.69, 9.17) is 0 Å². The van der Waals surface area contributed by atoms with Gasteiger partial charge in [-0.25, -0.2) is 5.43 Å². The number of nitrogens with zero attached hydrogens (tertiary/aromatic N) is 2. The molecule has 0 aromatic heterocycles. The van der Waals surface area contributed by atoms with Crippen molar-refractivity contribution in [3.05, 3.63) is 39.9 Å². The normalized spacial score (nSPS) is 18.3. The van der Waals surface area contributed by atoms with Crippen molar-refractivity contribution < 1.29 is 14.5 Å². The molecule has 0 bridgehead atoms. The van der Waals surface area contributed by atoms with Crippen LogP contribution in [0.2, 0.25) is 0 Å². The van der Waals surface area contributed by atoms with Crippen LogP contribution in [0.25, 0.3) is 0 Å². The monoisotopic (exact) mass is 290 g/mol. The van der Waals surface area contributed by atoms with E-state index in [1.54, 1.807) is 12.1 Å². The number of benzene rings is 1. The second kappa shape index (κ2) is 6.60. The minimum atomic E-state index is -0.762. The molecule has 1 aliphatic rings. The average Bonchev–Trinajstić information content (AvgIpc) is 2.48. The number of hydrogen-bond donors (Lipinski definition) is 2. The molecule has 0 spiro atoms. The van der Waals surface area contributed by atoms with Gasteiger partial charge in [-0.2, -0.15) is 5.10 Å². The van der Waals surface area contributed by atoms with E-state index in [1.165, 1.54) is 18.3 Å². The highest BCUT2D eigenvalue weighted by Crippen LogP contribution is 2.15.